The van der Waals surface area contributed by atoms with Gasteiger partial charge in [0.1, 0.15) is 0 Å². The van der Waals surface area contributed by atoms with E-state index in [9.17, 15) is 0 Å². The van der Waals surface area contributed by atoms with Crippen molar-refractivity contribution in [1.29, 1.82) is 0 Å². The molecule has 29 heavy (non-hydrogen) atoms. The van der Waals surface area contributed by atoms with Crippen LogP contribution < -0.4 is 4.90 Å². The van der Waals surface area contributed by atoms with Crippen LogP contribution in [0.2, 0.25) is 10.0 Å². The van der Waals surface area contributed by atoms with E-state index in [1.807, 2.05) is 18.2 Å². The molecule has 0 fully saturated rings. The van der Waals surface area contributed by atoms with Gasteiger partial charge in [-0.3, -0.25) is 0 Å². The van der Waals surface area contributed by atoms with Crippen LogP contribution in [0, 0.1) is 12.3 Å². The topological polar surface area (TPSA) is 3.24 Å². The first kappa shape index (κ1) is 23.6. The van der Waals surface area contributed by atoms with Gasteiger partial charge in [0.25, 0.3) is 0 Å². The summed E-state index contributed by atoms with van der Waals surface area (Å²) in [5, 5.41) is 1.38. The smallest absolute Gasteiger partial charge is 0.0452 e. The van der Waals surface area contributed by atoms with Crippen molar-refractivity contribution in [2.24, 2.45) is 5.41 Å². The molecule has 0 saturated carbocycles. The standard InChI is InChI=1S/C26H33Cl2N/c1-6-17-26(7-2,8-3)19-29(24-15-9-20(4)10-16-24)21(5)11-12-22-13-14-23(27)18-25(22)28/h6,9-10,13-16,18H,1,5,7-8,11-12,17,19H2,2-4H3. The lowest BCUT2D eigenvalue weighted by Crippen LogP contribution is -2.36. The molecular formula is C26H33Cl2N. The molecule has 2 aromatic carbocycles. The molecule has 0 unspecified atom stereocenters. The average molecular weight is 430 g/mol. The van der Waals surface area contributed by atoms with E-state index in [0.29, 0.717) is 5.02 Å². The zero-order valence-electron chi connectivity index (χ0n) is 18.0. The first-order valence-corrected chi connectivity index (χ1v) is 11.2. The van der Waals surface area contributed by atoms with Gasteiger partial charge in [-0.25, -0.2) is 0 Å². The third-order valence-corrected chi connectivity index (χ3v) is 6.58. The predicted octanol–water partition coefficient (Wildman–Crippen LogP) is 8.64. The highest BCUT2D eigenvalue weighted by Gasteiger charge is 2.29. The van der Waals surface area contributed by atoms with Crippen LogP contribution in [-0.2, 0) is 6.42 Å². The van der Waals surface area contributed by atoms with E-state index in [-0.39, 0.29) is 5.41 Å². The van der Waals surface area contributed by atoms with E-state index in [1.54, 1.807) is 0 Å². The molecule has 0 aliphatic heterocycles. The van der Waals surface area contributed by atoms with Gasteiger partial charge in [0.05, 0.1) is 0 Å². The Hall–Kier alpha value is -1.70. The van der Waals surface area contributed by atoms with E-state index < -0.39 is 0 Å². The number of halogens is 2. The van der Waals surface area contributed by atoms with Gasteiger partial charge in [-0.1, -0.05) is 73.5 Å². The molecule has 0 saturated heterocycles. The van der Waals surface area contributed by atoms with Gasteiger partial charge in [0.2, 0.25) is 0 Å². The zero-order valence-corrected chi connectivity index (χ0v) is 19.5. The number of benzene rings is 2. The van der Waals surface area contributed by atoms with Crippen molar-refractivity contribution < 1.29 is 0 Å². The van der Waals surface area contributed by atoms with Gasteiger partial charge in [-0.05, 0) is 74.3 Å². The first-order chi connectivity index (χ1) is 13.8. The number of hydrogen-bond donors (Lipinski definition) is 0. The van der Waals surface area contributed by atoms with Gasteiger partial charge in [-0.15, -0.1) is 6.58 Å². The highest BCUT2D eigenvalue weighted by Crippen LogP contribution is 2.36. The van der Waals surface area contributed by atoms with Crippen molar-refractivity contribution in [1.82, 2.24) is 0 Å². The normalized spacial score (nSPS) is 11.3. The number of hydrogen-bond acceptors (Lipinski definition) is 1. The Kier molecular flexibility index (Phi) is 8.86. The monoisotopic (exact) mass is 429 g/mol. The number of rotatable bonds is 11. The fourth-order valence-corrected chi connectivity index (χ4v) is 4.22. The quantitative estimate of drug-likeness (QED) is 0.323. The molecule has 0 aliphatic carbocycles. The van der Waals surface area contributed by atoms with Crippen molar-refractivity contribution in [3.8, 4) is 0 Å². The van der Waals surface area contributed by atoms with Crippen molar-refractivity contribution in [2.75, 3.05) is 11.4 Å². The van der Waals surface area contributed by atoms with Crippen LogP contribution in [0.25, 0.3) is 0 Å². The minimum atomic E-state index is 0.188. The Bertz CT molecular complexity index is 819. The minimum absolute atomic E-state index is 0.188. The molecule has 0 heterocycles. The van der Waals surface area contributed by atoms with E-state index >= 15 is 0 Å². The maximum absolute atomic E-state index is 6.38. The third-order valence-electron chi connectivity index (χ3n) is 6.00. The van der Waals surface area contributed by atoms with Crippen molar-refractivity contribution in [2.45, 2.75) is 52.9 Å². The zero-order chi connectivity index (χ0) is 21.4. The van der Waals surface area contributed by atoms with Crippen LogP contribution in [0.3, 0.4) is 0 Å². The molecule has 0 atom stereocenters. The Labute approximate surface area is 187 Å². The molecule has 2 rings (SSSR count). The summed E-state index contributed by atoms with van der Waals surface area (Å²) in [5.74, 6) is 0. The van der Waals surface area contributed by atoms with Gasteiger partial charge in [0.15, 0.2) is 0 Å². The lowest BCUT2D eigenvalue weighted by Gasteiger charge is -2.39. The second kappa shape index (κ2) is 10.9. The van der Waals surface area contributed by atoms with E-state index in [2.05, 4.69) is 69.2 Å². The van der Waals surface area contributed by atoms with Gasteiger partial charge >= 0.3 is 0 Å². The van der Waals surface area contributed by atoms with Crippen LogP contribution in [0.5, 0.6) is 0 Å². The summed E-state index contributed by atoms with van der Waals surface area (Å²) in [7, 11) is 0. The van der Waals surface area contributed by atoms with Crippen molar-refractivity contribution in [3.05, 3.63) is 88.6 Å². The molecule has 3 heteroatoms. The van der Waals surface area contributed by atoms with Crippen LogP contribution in [0.4, 0.5) is 5.69 Å². The van der Waals surface area contributed by atoms with E-state index in [0.717, 1.165) is 54.9 Å². The molecule has 2 aromatic rings. The second-order valence-electron chi connectivity index (χ2n) is 7.92. The number of aryl methyl sites for hydroxylation is 2. The van der Waals surface area contributed by atoms with Gasteiger partial charge in [-0.2, -0.15) is 0 Å². The summed E-state index contributed by atoms with van der Waals surface area (Å²) in [4.78, 5) is 2.39. The number of allylic oxidation sites excluding steroid dienone is 2. The molecule has 156 valence electrons. The van der Waals surface area contributed by atoms with Crippen molar-refractivity contribution >= 4 is 28.9 Å². The summed E-state index contributed by atoms with van der Waals surface area (Å²) in [6.45, 7) is 16.1. The molecule has 1 nitrogen and oxygen atoms in total. The van der Waals surface area contributed by atoms with Crippen LogP contribution in [0.15, 0.2) is 67.4 Å². The van der Waals surface area contributed by atoms with Crippen LogP contribution in [0.1, 0.15) is 50.7 Å². The Balaban J connectivity index is 2.26. The molecule has 0 radical (unpaired) electrons. The van der Waals surface area contributed by atoms with Crippen LogP contribution in [-0.4, -0.2) is 6.54 Å². The number of anilines is 1. The van der Waals surface area contributed by atoms with E-state index in [1.165, 1.54) is 11.3 Å². The van der Waals surface area contributed by atoms with Crippen LogP contribution >= 0.6 is 23.2 Å². The summed E-state index contributed by atoms with van der Waals surface area (Å²) in [6.07, 6.45) is 6.94. The maximum atomic E-state index is 6.38. The molecule has 0 aromatic heterocycles. The molecule has 0 aliphatic rings. The number of nitrogens with zero attached hydrogens (tertiary/aromatic N) is 1. The maximum Gasteiger partial charge on any atom is 0.0452 e. The highest BCUT2D eigenvalue weighted by atomic mass is 35.5. The molecule has 0 amide bonds. The SMILES string of the molecule is C=CCC(CC)(CC)CN(C(=C)CCc1ccc(Cl)cc1Cl)c1ccc(C)cc1. The molecular weight excluding hydrogens is 397 g/mol. The summed E-state index contributed by atoms with van der Waals surface area (Å²) in [5.41, 5.74) is 4.85. The largest absolute Gasteiger partial charge is 0.345 e. The lowest BCUT2D eigenvalue weighted by atomic mass is 9.78. The summed E-state index contributed by atoms with van der Waals surface area (Å²) in [6, 6.07) is 14.4. The molecule has 0 N–H and O–H groups in total. The Morgan fingerprint density at radius 2 is 1.72 bits per heavy atom. The average Bonchev–Trinajstić information content (AvgIpc) is 2.71. The fraction of sp³-hybridized carbons (Fsp3) is 0.385. The van der Waals surface area contributed by atoms with Gasteiger partial charge < -0.3 is 4.90 Å². The molecule has 0 spiro atoms. The predicted molar refractivity (Wildman–Crippen MR) is 130 cm³/mol. The highest BCUT2D eigenvalue weighted by molar-refractivity contribution is 6.35. The summed E-state index contributed by atoms with van der Waals surface area (Å²) >= 11 is 12.4. The second-order valence-corrected chi connectivity index (χ2v) is 8.77. The van der Waals surface area contributed by atoms with Crippen molar-refractivity contribution in [3.63, 3.8) is 0 Å². The Morgan fingerprint density at radius 3 is 2.28 bits per heavy atom. The Morgan fingerprint density at radius 1 is 1.07 bits per heavy atom. The van der Waals surface area contributed by atoms with Gasteiger partial charge in [0, 0.05) is 28.0 Å². The van der Waals surface area contributed by atoms with E-state index in [4.69, 9.17) is 23.2 Å². The fourth-order valence-electron chi connectivity index (χ4n) is 3.72. The molecule has 0 bridgehead atoms. The summed E-state index contributed by atoms with van der Waals surface area (Å²) < 4.78 is 0. The lowest BCUT2D eigenvalue weighted by molar-refractivity contribution is 0.273. The third kappa shape index (κ3) is 6.39. The first-order valence-electron chi connectivity index (χ1n) is 10.4. The minimum Gasteiger partial charge on any atom is -0.345 e.